The highest BCUT2D eigenvalue weighted by atomic mass is 15.1. The maximum absolute atomic E-state index is 5.67. The molecular weight excluding hydrogens is 220 g/mol. The fourth-order valence-corrected chi connectivity index (χ4v) is 2.29. The van der Waals surface area contributed by atoms with Gasteiger partial charge in [0.15, 0.2) is 0 Å². The largest absolute Gasteiger partial charge is 0.344 e. The summed E-state index contributed by atoms with van der Waals surface area (Å²) in [7, 11) is 2.10. The minimum atomic E-state index is 0.592. The normalized spacial score (nSPS) is 10.4. The molecular formula is C16H20N2. The van der Waals surface area contributed by atoms with E-state index in [-0.39, 0.29) is 0 Å². The SMILES string of the molecule is Cc1ccccc1N(C)c1ccc(CN)cc1C. The molecule has 0 saturated carbocycles. The summed E-state index contributed by atoms with van der Waals surface area (Å²) in [5.41, 5.74) is 11.8. The Labute approximate surface area is 109 Å². The summed E-state index contributed by atoms with van der Waals surface area (Å²) in [5, 5.41) is 0. The van der Waals surface area contributed by atoms with Crippen LogP contribution in [0.5, 0.6) is 0 Å². The van der Waals surface area contributed by atoms with Crippen LogP contribution in [-0.2, 0) is 6.54 Å². The fraction of sp³-hybridized carbons (Fsp3) is 0.250. The molecule has 2 nitrogen and oxygen atoms in total. The standard InChI is InChI=1S/C16H20N2/c1-12-6-4-5-7-15(12)18(3)16-9-8-14(11-17)10-13(16)2/h4-10H,11,17H2,1-3H3. The Balaban J connectivity index is 2.40. The van der Waals surface area contributed by atoms with Gasteiger partial charge in [-0.1, -0.05) is 30.3 Å². The lowest BCUT2D eigenvalue weighted by Crippen LogP contribution is -2.12. The molecule has 0 fully saturated rings. The zero-order valence-electron chi connectivity index (χ0n) is 11.3. The Hall–Kier alpha value is -1.80. The first kappa shape index (κ1) is 12.7. The lowest BCUT2D eigenvalue weighted by molar-refractivity contribution is 1.06. The first-order valence-electron chi connectivity index (χ1n) is 6.22. The molecule has 0 aliphatic rings. The molecule has 0 heterocycles. The maximum atomic E-state index is 5.67. The number of aryl methyl sites for hydroxylation is 2. The van der Waals surface area contributed by atoms with Crippen LogP contribution in [0.4, 0.5) is 11.4 Å². The molecule has 0 spiro atoms. The van der Waals surface area contributed by atoms with Gasteiger partial charge in [-0.15, -0.1) is 0 Å². The fourth-order valence-electron chi connectivity index (χ4n) is 2.29. The van der Waals surface area contributed by atoms with E-state index in [1.54, 1.807) is 0 Å². The van der Waals surface area contributed by atoms with Crippen molar-refractivity contribution in [3.05, 3.63) is 59.2 Å². The average Bonchev–Trinajstić information content (AvgIpc) is 2.38. The summed E-state index contributed by atoms with van der Waals surface area (Å²) in [6, 6.07) is 14.8. The van der Waals surface area contributed by atoms with Crippen molar-refractivity contribution in [3.8, 4) is 0 Å². The smallest absolute Gasteiger partial charge is 0.0438 e. The molecule has 2 N–H and O–H groups in total. The van der Waals surface area contributed by atoms with Crippen molar-refractivity contribution in [3.63, 3.8) is 0 Å². The minimum absolute atomic E-state index is 0.592. The van der Waals surface area contributed by atoms with E-state index in [9.17, 15) is 0 Å². The quantitative estimate of drug-likeness (QED) is 0.889. The van der Waals surface area contributed by atoms with Crippen LogP contribution in [-0.4, -0.2) is 7.05 Å². The summed E-state index contributed by atoms with van der Waals surface area (Å²) >= 11 is 0. The molecule has 18 heavy (non-hydrogen) atoms. The van der Waals surface area contributed by atoms with Crippen LogP contribution in [0.25, 0.3) is 0 Å². The number of nitrogens with two attached hydrogens (primary N) is 1. The van der Waals surface area contributed by atoms with E-state index in [0.29, 0.717) is 6.54 Å². The van der Waals surface area contributed by atoms with Crippen molar-refractivity contribution in [2.75, 3.05) is 11.9 Å². The van der Waals surface area contributed by atoms with E-state index >= 15 is 0 Å². The molecule has 2 aromatic rings. The lowest BCUT2D eigenvalue weighted by atomic mass is 10.1. The first-order valence-corrected chi connectivity index (χ1v) is 6.22. The van der Waals surface area contributed by atoms with Gasteiger partial charge in [0, 0.05) is 25.0 Å². The van der Waals surface area contributed by atoms with Gasteiger partial charge in [0.05, 0.1) is 0 Å². The minimum Gasteiger partial charge on any atom is -0.344 e. The Kier molecular flexibility index (Phi) is 3.68. The summed E-state index contributed by atoms with van der Waals surface area (Å²) in [5.74, 6) is 0. The number of para-hydroxylation sites is 1. The zero-order chi connectivity index (χ0) is 13.1. The average molecular weight is 240 g/mol. The molecule has 2 aromatic carbocycles. The summed E-state index contributed by atoms with van der Waals surface area (Å²) in [4.78, 5) is 2.23. The molecule has 94 valence electrons. The number of nitrogens with zero attached hydrogens (tertiary/aromatic N) is 1. The third-order valence-corrected chi connectivity index (χ3v) is 3.34. The van der Waals surface area contributed by atoms with Crippen molar-refractivity contribution in [1.82, 2.24) is 0 Å². The lowest BCUT2D eigenvalue weighted by Gasteiger charge is -2.23. The van der Waals surface area contributed by atoms with Gasteiger partial charge in [-0.3, -0.25) is 0 Å². The molecule has 0 atom stereocenters. The van der Waals surface area contributed by atoms with Crippen LogP contribution in [0.2, 0.25) is 0 Å². The van der Waals surface area contributed by atoms with Gasteiger partial charge in [-0.05, 0) is 42.7 Å². The Morgan fingerprint density at radius 1 is 0.944 bits per heavy atom. The van der Waals surface area contributed by atoms with Crippen LogP contribution in [0.15, 0.2) is 42.5 Å². The third kappa shape index (κ3) is 2.39. The van der Waals surface area contributed by atoms with E-state index in [4.69, 9.17) is 5.73 Å². The Bertz CT molecular complexity index is 547. The number of hydrogen-bond donors (Lipinski definition) is 1. The number of benzene rings is 2. The van der Waals surface area contributed by atoms with Gasteiger partial charge in [0.25, 0.3) is 0 Å². The van der Waals surface area contributed by atoms with Crippen LogP contribution >= 0.6 is 0 Å². The summed E-state index contributed by atoms with van der Waals surface area (Å²) in [6.45, 7) is 4.86. The second-order valence-corrected chi connectivity index (χ2v) is 4.67. The first-order chi connectivity index (χ1) is 8.63. The van der Waals surface area contributed by atoms with Gasteiger partial charge < -0.3 is 10.6 Å². The third-order valence-electron chi connectivity index (χ3n) is 3.34. The number of anilines is 2. The van der Waals surface area contributed by atoms with Crippen molar-refractivity contribution < 1.29 is 0 Å². The molecule has 0 aliphatic carbocycles. The number of hydrogen-bond acceptors (Lipinski definition) is 2. The van der Waals surface area contributed by atoms with Crippen LogP contribution in [0.3, 0.4) is 0 Å². The van der Waals surface area contributed by atoms with Gasteiger partial charge in [-0.25, -0.2) is 0 Å². The van der Waals surface area contributed by atoms with E-state index in [1.165, 1.54) is 28.1 Å². The molecule has 0 aromatic heterocycles. The summed E-state index contributed by atoms with van der Waals surface area (Å²) < 4.78 is 0. The van der Waals surface area contributed by atoms with Crippen molar-refractivity contribution in [1.29, 1.82) is 0 Å². The van der Waals surface area contributed by atoms with Gasteiger partial charge in [-0.2, -0.15) is 0 Å². The Morgan fingerprint density at radius 3 is 2.22 bits per heavy atom. The van der Waals surface area contributed by atoms with Crippen LogP contribution in [0.1, 0.15) is 16.7 Å². The Morgan fingerprint density at radius 2 is 1.61 bits per heavy atom. The topological polar surface area (TPSA) is 29.3 Å². The monoisotopic (exact) mass is 240 g/mol. The van der Waals surface area contributed by atoms with Crippen LogP contribution < -0.4 is 10.6 Å². The van der Waals surface area contributed by atoms with Crippen molar-refractivity contribution in [2.45, 2.75) is 20.4 Å². The van der Waals surface area contributed by atoms with Crippen molar-refractivity contribution in [2.24, 2.45) is 5.73 Å². The molecule has 2 rings (SSSR count). The summed E-state index contributed by atoms with van der Waals surface area (Å²) in [6.07, 6.45) is 0. The molecule has 2 heteroatoms. The van der Waals surface area contributed by atoms with Crippen molar-refractivity contribution >= 4 is 11.4 Å². The molecule has 0 saturated heterocycles. The van der Waals surface area contributed by atoms with Gasteiger partial charge >= 0.3 is 0 Å². The second-order valence-electron chi connectivity index (χ2n) is 4.67. The maximum Gasteiger partial charge on any atom is 0.0438 e. The zero-order valence-corrected chi connectivity index (χ0v) is 11.3. The highest BCUT2D eigenvalue weighted by molar-refractivity contribution is 5.68. The van der Waals surface area contributed by atoms with Gasteiger partial charge in [0.1, 0.15) is 0 Å². The molecule has 0 aliphatic heterocycles. The highest BCUT2D eigenvalue weighted by Crippen LogP contribution is 2.29. The van der Waals surface area contributed by atoms with E-state index in [1.807, 2.05) is 0 Å². The predicted octanol–water partition coefficient (Wildman–Crippen LogP) is 3.53. The number of rotatable bonds is 3. The predicted molar refractivity (Wildman–Crippen MR) is 78.3 cm³/mol. The molecule has 0 amide bonds. The van der Waals surface area contributed by atoms with E-state index in [2.05, 4.69) is 68.3 Å². The van der Waals surface area contributed by atoms with E-state index in [0.717, 1.165) is 0 Å². The van der Waals surface area contributed by atoms with E-state index < -0.39 is 0 Å². The van der Waals surface area contributed by atoms with Crippen LogP contribution in [0, 0.1) is 13.8 Å². The van der Waals surface area contributed by atoms with Gasteiger partial charge in [0.2, 0.25) is 0 Å². The molecule has 0 unspecified atom stereocenters. The second kappa shape index (κ2) is 5.23. The molecule has 0 radical (unpaired) electrons. The highest BCUT2D eigenvalue weighted by Gasteiger charge is 2.08. The molecule has 0 bridgehead atoms.